The second-order valence-corrected chi connectivity index (χ2v) is 5.27. The smallest absolute Gasteiger partial charge is 0.310 e. The molecule has 1 heterocycles. The third kappa shape index (κ3) is 3.13. The largest absolute Gasteiger partial charge is 0.481 e. The van der Waals surface area contributed by atoms with Crippen molar-refractivity contribution in [3.05, 3.63) is 66.0 Å². The Labute approximate surface area is 132 Å². The second-order valence-electron chi connectivity index (χ2n) is 5.27. The lowest BCUT2D eigenvalue weighted by molar-refractivity contribution is -0.138. The van der Waals surface area contributed by atoms with Gasteiger partial charge in [-0.05, 0) is 36.8 Å². The maximum atomic E-state index is 12.9. The highest BCUT2D eigenvalue weighted by molar-refractivity contribution is 5.76. The van der Waals surface area contributed by atoms with E-state index in [-0.39, 0.29) is 5.82 Å². The van der Waals surface area contributed by atoms with Crippen molar-refractivity contribution in [3.63, 3.8) is 0 Å². The summed E-state index contributed by atoms with van der Waals surface area (Å²) in [6.07, 6.45) is 0. The predicted octanol–water partition coefficient (Wildman–Crippen LogP) is 4.34. The number of hydrogen-bond donors (Lipinski definition) is 1. The number of benzene rings is 2. The normalized spacial score (nSPS) is 12.1. The first-order valence-corrected chi connectivity index (χ1v) is 7.10. The molecular formula is C18H14FNO3. The van der Waals surface area contributed by atoms with Gasteiger partial charge in [-0.25, -0.2) is 4.39 Å². The fraction of sp³-hybridized carbons (Fsp3) is 0.111. The monoisotopic (exact) mass is 311 g/mol. The number of halogens is 1. The van der Waals surface area contributed by atoms with Crippen LogP contribution in [0.25, 0.3) is 22.6 Å². The number of carboxylic acid groups (broad SMARTS) is 1. The van der Waals surface area contributed by atoms with Crippen LogP contribution in [0.2, 0.25) is 0 Å². The van der Waals surface area contributed by atoms with Crippen molar-refractivity contribution < 1.29 is 18.8 Å². The zero-order valence-corrected chi connectivity index (χ0v) is 12.4. The molecule has 1 aromatic heterocycles. The highest BCUT2D eigenvalue weighted by Gasteiger charge is 2.14. The van der Waals surface area contributed by atoms with Crippen molar-refractivity contribution in [2.24, 2.45) is 0 Å². The van der Waals surface area contributed by atoms with Gasteiger partial charge in [-0.2, -0.15) is 0 Å². The number of carboxylic acids is 1. The molecule has 0 radical (unpaired) electrons. The van der Waals surface area contributed by atoms with Gasteiger partial charge in [0, 0.05) is 17.2 Å². The van der Waals surface area contributed by atoms with Crippen molar-refractivity contribution in [2.75, 3.05) is 0 Å². The van der Waals surface area contributed by atoms with Crippen molar-refractivity contribution in [2.45, 2.75) is 12.8 Å². The number of rotatable bonds is 4. The van der Waals surface area contributed by atoms with Gasteiger partial charge >= 0.3 is 5.97 Å². The van der Waals surface area contributed by atoms with Gasteiger partial charge < -0.3 is 9.63 Å². The quantitative estimate of drug-likeness (QED) is 0.778. The predicted molar refractivity (Wildman–Crippen MR) is 83.4 cm³/mol. The summed E-state index contributed by atoms with van der Waals surface area (Å²) in [4.78, 5) is 11.0. The lowest BCUT2D eigenvalue weighted by Crippen LogP contribution is -2.06. The Hall–Kier alpha value is -2.95. The molecule has 0 aliphatic heterocycles. The minimum atomic E-state index is -0.863. The minimum absolute atomic E-state index is 0.309. The third-order valence-electron chi connectivity index (χ3n) is 3.72. The van der Waals surface area contributed by atoms with Crippen LogP contribution in [0.4, 0.5) is 4.39 Å². The summed E-state index contributed by atoms with van der Waals surface area (Å²) < 4.78 is 18.2. The molecule has 0 aliphatic rings. The molecule has 5 heteroatoms. The van der Waals surface area contributed by atoms with E-state index in [2.05, 4.69) is 5.16 Å². The topological polar surface area (TPSA) is 63.3 Å². The molecule has 0 fully saturated rings. The van der Waals surface area contributed by atoms with E-state index in [0.29, 0.717) is 11.5 Å². The van der Waals surface area contributed by atoms with Crippen LogP contribution < -0.4 is 0 Å². The molecule has 1 atom stereocenters. The molecule has 0 spiro atoms. The Morgan fingerprint density at radius 3 is 2.30 bits per heavy atom. The van der Waals surface area contributed by atoms with Crippen LogP contribution in [0.5, 0.6) is 0 Å². The lowest BCUT2D eigenvalue weighted by Gasteiger charge is -2.06. The average Bonchev–Trinajstić information content (AvgIpc) is 3.05. The summed E-state index contributed by atoms with van der Waals surface area (Å²) in [6.45, 7) is 1.64. The van der Waals surface area contributed by atoms with Gasteiger partial charge in [0.2, 0.25) is 0 Å². The molecule has 23 heavy (non-hydrogen) atoms. The Morgan fingerprint density at radius 1 is 1.09 bits per heavy atom. The van der Waals surface area contributed by atoms with Gasteiger partial charge in [-0.3, -0.25) is 4.79 Å². The van der Waals surface area contributed by atoms with Crippen LogP contribution >= 0.6 is 0 Å². The van der Waals surface area contributed by atoms with E-state index < -0.39 is 11.9 Å². The molecule has 0 saturated heterocycles. The molecule has 4 nitrogen and oxygen atoms in total. The maximum Gasteiger partial charge on any atom is 0.310 e. The summed E-state index contributed by atoms with van der Waals surface area (Å²) in [7, 11) is 0. The first-order valence-electron chi connectivity index (χ1n) is 7.10. The zero-order valence-electron chi connectivity index (χ0n) is 12.4. The van der Waals surface area contributed by atoms with Crippen molar-refractivity contribution >= 4 is 5.97 Å². The molecule has 3 aromatic rings. The van der Waals surface area contributed by atoms with E-state index >= 15 is 0 Å². The van der Waals surface area contributed by atoms with Crippen LogP contribution in [0.15, 0.2) is 59.1 Å². The number of carbonyl (C=O) groups is 1. The first kappa shape index (κ1) is 15.0. The van der Waals surface area contributed by atoms with E-state index in [0.717, 1.165) is 16.7 Å². The molecule has 0 bridgehead atoms. The van der Waals surface area contributed by atoms with E-state index in [9.17, 15) is 9.18 Å². The van der Waals surface area contributed by atoms with Gasteiger partial charge in [-0.15, -0.1) is 0 Å². The summed E-state index contributed by atoms with van der Waals surface area (Å²) in [5.41, 5.74) is 2.92. The molecule has 2 aromatic carbocycles. The van der Waals surface area contributed by atoms with Gasteiger partial charge in [0.15, 0.2) is 5.76 Å². The summed E-state index contributed by atoms with van der Waals surface area (Å²) in [5, 5.41) is 13.0. The Balaban J connectivity index is 1.85. The average molecular weight is 311 g/mol. The SMILES string of the molecule is CC(C(=O)O)c1ccc(-c2cc(-c3ccc(F)cc3)on2)cc1. The maximum absolute atomic E-state index is 12.9. The highest BCUT2D eigenvalue weighted by Crippen LogP contribution is 2.27. The lowest BCUT2D eigenvalue weighted by atomic mass is 9.99. The molecule has 1 unspecified atom stereocenters. The molecule has 0 aliphatic carbocycles. The van der Waals surface area contributed by atoms with Crippen molar-refractivity contribution in [3.8, 4) is 22.6 Å². The molecule has 0 saturated carbocycles. The zero-order chi connectivity index (χ0) is 16.4. The fourth-order valence-corrected chi connectivity index (χ4v) is 2.25. The standard InChI is InChI=1S/C18H14FNO3/c1-11(18(21)22)12-2-4-13(5-3-12)16-10-17(23-20-16)14-6-8-15(19)9-7-14/h2-11H,1H3,(H,21,22). The Morgan fingerprint density at radius 2 is 1.70 bits per heavy atom. The van der Waals surface area contributed by atoms with E-state index in [1.54, 1.807) is 49.4 Å². The minimum Gasteiger partial charge on any atom is -0.481 e. The molecule has 0 amide bonds. The first-order chi connectivity index (χ1) is 11.0. The summed E-state index contributed by atoms with van der Waals surface area (Å²) >= 11 is 0. The van der Waals surface area contributed by atoms with Gasteiger partial charge in [0.1, 0.15) is 11.5 Å². The van der Waals surface area contributed by atoms with Crippen LogP contribution in [0, 0.1) is 5.82 Å². The van der Waals surface area contributed by atoms with Gasteiger partial charge in [0.05, 0.1) is 5.92 Å². The van der Waals surface area contributed by atoms with Crippen LogP contribution in [0.3, 0.4) is 0 Å². The van der Waals surface area contributed by atoms with Crippen LogP contribution in [0.1, 0.15) is 18.4 Å². The Kier molecular flexibility index (Phi) is 3.93. The molecular weight excluding hydrogens is 297 g/mol. The summed E-state index contributed by atoms with van der Waals surface area (Å²) in [5.74, 6) is -1.19. The molecule has 116 valence electrons. The van der Waals surface area contributed by atoms with E-state index in [1.807, 2.05) is 0 Å². The second kappa shape index (κ2) is 6.04. The van der Waals surface area contributed by atoms with Crippen LogP contribution in [-0.2, 0) is 4.79 Å². The highest BCUT2D eigenvalue weighted by atomic mass is 19.1. The van der Waals surface area contributed by atoms with Gasteiger partial charge in [0.25, 0.3) is 0 Å². The Bertz CT molecular complexity index is 822. The molecule has 3 rings (SSSR count). The number of nitrogens with zero attached hydrogens (tertiary/aromatic N) is 1. The molecule has 1 N–H and O–H groups in total. The van der Waals surface area contributed by atoms with E-state index in [1.165, 1.54) is 12.1 Å². The number of aliphatic carboxylic acids is 1. The van der Waals surface area contributed by atoms with Crippen molar-refractivity contribution in [1.82, 2.24) is 5.16 Å². The summed E-state index contributed by atoms with van der Waals surface area (Å²) in [6, 6.07) is 14.9. The van der Waals surface area contributed by atoms with Crippen LogP contribution in [-0.4, -0.2) is 16.2 Å². The van der Waals surface area contributed by atoms with Gasteiger partial charge in [-0.1, -0.05) is 29.4 Å². The van der Waals surface area contributed by atoms with Crippen molar-refractivity contribution in [1.29, 1.82) is 0 Å². The number of aromatic nitrogens is 1. The number of hydrogen-bond acceptors (Lipinski definition) is 3. The third-order valence-corrected chi connectivity index (χ3v) is 3.72. The van der Waals surface area contributed by atoms with E-state index in [4.69, 9.17) is 9.63 Å². The fourth-order valence-electron chi connectivity index (χ4n) is 2.25.